The summed E-state index contributed by atoms with van der Waals surface area (Å²) in [6.07, 6.45) is 5.20. The maximum Gasteiger partial charge on any atom is 0.0622 e. The van der Waals surface area contributed by atoms with Crippen LogP contribution in [0.1, 0.15) is 32.1 Å². The van der Waals surface area contributed by atoms with Gasteiger partial charge in [-0.1, -0.05) is 0 Å². The monoisotopic (exact) mass is 184 g/mol. The molecule has 0 bridgehead atoms. The number of hydrogen-bond acceptors (Lipinski definition) is 3. The van der Waals surface area contributed by atoms with Crippen LogP contribution < -0.4 is 5.32 Å². The van der Waals surface area contributed by atoms with Gasteiger partial charge in [-0.05, 0) is 38.8 Å². The predicted molar refractivity (Wildman–Crippen MR) is 53.4 cm³/mol. The van der Waals surface area contributed by atoms with Gasteiger partial charge in [0.05, 0.1) is 6.07 Å². The quantitative estimate of drug-likeness (QED) is 0.555. The summed E-state index contributed by atoms with van der Waals surface area (Å²) in [5, 5.41) is 11.6. The number of ether oxygens (including phenoxy) is 1. The Morgan fingerprint density at radius 1 is 1.15 bits per heavy atom. The topological polar surface area (TPSA) is 45.0 Å². The van der Waals surface area contributed by atoms with Crippen molar-refractivity contribution in [2.75, 3.05) is 26.8 Å². The van der Waals surface area contributed by atoms with E-state index in [-0.39, 0.29) is 0 Å². The summed E-state index contributed by atoms with van der Waals surface area (Å²) in [5.74, 6) is 0. The zero-order valence-electron chi connectivity index (χ0n) is 8.51. The SMILES string of the molecule is COCCCCCNCCCC#N. The Morgan fingerprint density at radius 3 is 2.62 bits per heavy atom. The minimum Gasteiger partial charge on any atom is -0.385 e. The van der Waals surface area contributed by atoms with E-state index in [1.165, 1.54) is 12.8 Å². The molecule has 0 aromatic rings. The van der Waals surface area contributed by atoms with Gasteiger partial charge in [0.1, 0.15) is 0 Å². The van der Waals surface area contributed by atoms with Gasteiger partial charge in [0.25, 0.3) is 0 Å². The van der Waals surface area contributed by atoms with Gasteiger partial charge in [-0.2, -0.15) is 5.26 Å². The maximum atomic E-state index is 8.27. The average Bonchev–Trinajstić information content (AvgIpc) is 2.16. The number of hydrogen-bond donors (Lipinski definition) is 1. The normalized spacial score (nSPS) is 9.85. The third-order valence-corrected chi connectivity index (χ3v) is 1.84. The van der Waals surface area contributed by atoms with E-state index >= 15 is 0 Å². The van der Waals surface area contributed by atoms with Gasteiger partial charge < -0.3 is 10.1 Å². The van der Waals surface area contributed by atoms with E-state index in [1.54, 1.807) is 7.11 Å². The molecule has 0 aromatic carbocycles. The van der Waals surface area contributed by atoms with Gasteiger partial charge in [-0.25, -0.2) is 0 Å². The highest BCUT2D eigenvalue weighted by molar-refractivity contribution is 4.68. The molecule has 0 saturated carbocycles. The molecule has 0 unspecified atom stereocenters. The van der Waals surface area contributed by atoms with Crippen molar-refractivity contribution in [3.63, 3.8) is 0 Å². The summed E-state index contributed by atoms with van der Waals surface area (Å²) in [7, 11) is 1.74. The molecule has 13 heavy (non-hydrogen) atoms. The molecule has 0 amide bonds. The standard InChI is InChI=1S/C10H20N2O/c1-13-10-6-2-4-8-12-9-5-3-7-11/h12H,2-6,8-10H2,1H3. The summed E-state index contributed by atoms with van der Waals surface area (Å²) in [6.45, 7) is 2.90. The average molecular weight is 184 g/mol. The first-order chi connectivity index (χ1) is 6.41. The lowest BCUT2D eigenvalue weighted by Crippen LogP contribution is -2.16. The van der Waals surface area contributed by atoms with E-state index in [1.807, 2.05) is 0 Å². The lowest BCUT2D eigenvalue weighted by atomic mass is 10.2. The molecule has 0 aliphatic rings. The van der Waals surface area contributed by atoms with Crippen molar-refractivity contribution in [3.05, 3.63) is 0 Å². The zero-order chi connectivity index (χ0) is 9.78. The lowest BCUT2D eigenvalue weighted by Gasteiger charge is -2.02. The highest BCUT2D eigenvalue weighted by Gasteiger charge is 1.89. The number of nitrogens with zero attached hydrogens (tertiary/aromatic N) is 1. The Balaban J connectivity index is 2.80. The lowest BCUT2D eigenvalue weighted by molar-refractivity contribution is 0.192. The van der Waals surface area contributed by atoms with Crippen LogP contribution in [-0.2, 0) is 4.74 Å². The van der Waals surface area contributed by atoms with Crippen molar-refractivity contribution in [2.24, 2.45) is 0 Å². The van der Waals surface area contributed by atoms with Crippen LogP contribution in [0.3, 0.4) is 0 Å². The first-order valence-corrected chi connectivity index (χ1v) is 4.98. The predicted octanol–water partition coefficient (Wildman–Crippen LogP) is 1.70. The molecule has 0 heterocycles. The second kappa shape index (κ2) is 11.4. The molecule has 3 nitrogen and oxygen atoms in total. The fourth-order valence-electron chi connectivity index (χ4n) is 1.09. The van der Waals surface area contributed by atoms with E-state index in [2.05, 4.69) is 11.4 Å². The minimum absolute atomic E-state index is 0.663. The molecular formula is C10H20N2O. The summed E-state index contributed by atoms with van der Waals surface area (Å²) >= 11 is 0. The van der Waals surface area contributed by atoms with Crippen molar-refractivity contribution in [2.45, 2.75) is 32.1 Å². The number of nitrogens with one attached hydrogen (secondary N) is 1. The molecule has 0 aliphatic heterocycles. The fourth-order valence-corrected chi connectivity index (χ4v) is 1.09. The Labute approximate surface area is 81.1 Å². The molecule has 0 radical (unpaired) electrons. The maximum absolute atomic E-state index is 8.27. The number of nitriles is 1. The minimum atomic E-state index is 0.663. The van der Waals surface area contributed by atoms with Gasteiger partial charge in [-0.3, -0.25) is 0 Å². The molecule has 0 spiro atoms. The van der Waals surface area contributed by atoms with Crippen LogP contribution in [-0.4, -0.2) is 26.8 Å². The Hall–Kier alpha value is -0.590. The number of unbranched alkanes of at least 4 members (excludes halogenated alkanes) is 3. The molecule has 1 N–H and O–H groups in total. The highest BCUT2D eigenvalue weighted by Crippen LogP contribution is 1.93. The van der Waals surface area contributed by atoms with Crippen LogP contribution in [0, 0.1) is 11.3 Å². The smallest absolute Gasteiger partial charge is 0.0622 e. The van der Waals surface area contributed by atoms with Gasteiger partial charge in [0.15, 0.2) is 0 Å². The van der Waals surface area contributed by atoms with Gasteiger partial charge in [0, 0.05) is 20.1 Å². The van der Waals surface area contributed by atoms with Crippen molar-refractivity contribution < 1.29 is 4.74 Å². The van der Waals surface area contributed by atoms with Crippen LogP contribution in [0.2, 0.25) is 0 Å². The Kier molecular flexibility index (Phi) is 10.9. The third-order valence-electron chi connectivity index (χ3n) is 1.84. The molecule has 76 valence electrons. The summed E-state index contributed by atoms with van der Waals surface area (Å²) in [4.78, 5) is 0. The first kappa shape index (κ1) is 12.4. The molecule has 0 aliphatic carbocycles. The van der Waals surface area contributed by atoms with Crippen LogP contribution in [0.15, 0.2) is 0 Å². The van der Waals surface area contributed by atoms with E-state index in [0.29, 0.717) is 6.42 Å². The number of methoxy groups -OCH3 is 1. The highest BCUT2D eigenvalue weighted by atomic mass is 16.5. The first-order valence-electron chi connectivity index (χ1n) is 4.98. The van der Waals surface area contributed by atoms with Gasteiger partial charge in [-0.15, -0.1) is 0 Å². The zero-order valence-corrected chi connectivity index (χ0v) is 8.51. The van der Waals surface area contributed by atoms with Crippen molar-refractivity contribution in [3.8, 4) is 6.07 Å². The van der Waals surface area contributed by atoms with E-state index in [0.717, 1.165) is 32.5 Å². The summed E-state index contributed by atoms with van der Waals surface area (Å²) in [5.41, 5.74) is 0. The van der Waals surface area contributed by atoms with Crippen molar-refractivity contribution >= 4 is 0 Å². The molecule has 3 heteroatoms. The molecule has 0 rings (SSSR count). The second-order valence-electron chi connectivity index (χ2n) is 3.07. The molecule has 0 saturated heterocycles. The molecular weight excluding hydrogens is 164 g/mol. The van der Waals surface area contributed by atoms with Crippen LogP contribution >= 0.6 is 0 Å². The van der Waals surface area contributed by atoms with Crippen molar-refractivity contribution in [1.29, 1.82) is 5.26 Å². The largest absolute Gasteiger partial charge is 0.385 e. The van der Waals surface area contributed by atoms with E-state index in [4.69, 9.17) is 10.00 Å². The Bertz CT molecular complexity index is 131. The third kappa shape index (κ3) is 11.4. The van der Waals surface area contributed by atoms with Gasteiger partial charge >= 0.3 is 0 Å². The van der Waals surface area contributed by atoms with E-state index in [9.17, 15) is 0 Å². The van der Waals surface area contributed by atoms with E-state index < -0.39 is 0 Å². The van der Waals surface area contributed by atoms with Gasteiger partial charge in [0.2, 0.25) is 0 Å². The molecule has 0 atom stereocenters. The van der Waals surface area contributed by atoms with Crippen molar-refractivity contribution in [1.82, 2.24) is 5.32 Å². The summed E-state index contributed by atoms with van der Waals surface area (Å²) < 4.78 is 4.95. The summed E-state index contributed by atoms with van der Waals surface area (Å²) in [6, 6.07) is 2.13. The van der Waals surface area contributed by atoms with Crippen LogP contribution in [0.5, 0.6) is 0 Å². The van der Waals surface area contributed by atoms with Crippen LogP contribution in [0.4, 0.5) is 0 Å². The molecule has 0 fully saturated rings. The van der Waals surface area contributed by atoms with Crippen LogP contribution in [0.25, 0.3) is 0 Å². The number of rotatable bonds is 9. The fraction of sp³-hybridized carbons (Fsp3) is 0.900. The second-order valence-corrected chi connectivity index (χ2v) is 3.07. The Morgan fingerprint density at radius 2 is 1.92 bits per heavy atom. The molecule has 0 aromatic heterocycles.